The van der Waals surface area contributed by atoms with E-state index in [0.717, 1.165) is 22.3 Å². The third-order valence-electron chi connectivity index (χ3n) is 4.32. The molecule has 0 aliphatic heterocycles. The Morgan fingerprint density at radius 3 is 2.12 bits per heavy atom. The van der Waals surface area contributed by atoms with E-state index >= 15 is 0 Å². The Labute approximate surface area is 148 Å². The highest BCUT2D eigenvalue weighted by molar-refractivity contribution is 5.77. The normalized spacial score (nSPS) is 11.7. The molecule has 0 saturated carbocycles. The number of hydrogen-bond acceptors (Lipinski definition) is 4. The molecular formula is C20H24O5. The van der Waals surface area contributed by atoms with Crippen molar-refractivity contribution in [2.75, 3.05) is 21.3 Å². The Balaban J connectivity index is 2.50. The molecule has 1 unspecified atom stereocenters. The fourth-order valence-electron chi connectivity index (χ4n) is 2.94. The number of carboxylic acids is 1. The summed E-state index contributed by atoms with van der Waals surface area (Å²) in [5.74, 6) is 0.122. The SMILES string of the molecule is COc1cc(OC)c(OC)cc1CC(C(=O)O)c1cc(C)ccc1C. The molecule has 0 fully saturated rings. The van der Waals surface area contributed by atoms with Crippen molar-refractivity contribution in [2.45, 2.75) is 26.2 Å². The number of benzene rings is 2. The van der Waals surface area contributed by atoms with Crippen LogP contribution in [0, 0.1) is 13.8 Å². The van der Waals surface area contributed by atoms with Crippen molar-refractivity contribution >= 4 is 5.97 Å². The second kappa shape index (κ2) is 7.92. The van der Waals surface area contributed by atoms with Crippen LogP contribution in [0.5, 0.6) is 17.2 Å². The van der Waals surface area contributed by atoms with E-state index in [0.29, 0.717) is 23.7 Å². The van der Waals surface area contributed by atoms with Gasteiger partial charge in [0.25, 0.3) is 0 Å². The summed E-state index contributed by atoms with van der Waals surface area (Å²) in [6, 6.07) is 9.36. The minimum Gasteiger partial charge on any atom is -0.496 e. The molecule has 2 aromatic carbocycles. The monoisotopic (exact) mass is 344 g/mol. The molecule has 134 valence electrons. The maximum atomic E-state index is 11.9. The van der Waals surface area contributed by atoms with E-state index in [1.54, 1.807) is 33.5 Å². The number of carbonyl (C=O) groups is 1. The van der Waals surface area contributed by atoms with Crippen LogP contribution in [0.1, 0.15) is 28.2 Å². The van der Waals surface area contributed by atoms with Gasteiger partial charge in [-0.25, -0.2) is 0 Å². The first-order chi connectivity index (χ1) is 11.9. The van der Waals surface area contributed by atoms with Crippen LogP contribution in [0.4, 0.5) is 0 Å². The first-order valence-corrected chi connectivity index (χ1v) is 8.00. The predicted molar refractivity (Wildman–Crippen MR) is 96.1 cm³/mol. The molecule has 0 bridgehead atoms. The van der Waals surface area contributed by atoms with Crippen molar-refractivity contribution in [3.8, 4) is 17.2 Å². The Morgan fingerprint density at radius 2 is 1.56 bits per heavy atom. The Kier molecular flexibility index (Phi) is 5.91. The summed E-state index contributed by atoms with van der Waals surface area (Å²) in [6.45, 7) is 3.88. The zero-order valence-corrected chi connectivity index (χ0v) is 15.3. The molecule has 2 aromatic rings. The lowest BCUT2D eigenvalue weighted by Crippen LogP contribution is -2.16. The van der Waals surface area contributed by atoms with Gasteiger partial charge in [0, 0.05) is 6.07 Å². The molecular weight excluding hydrogens is 320 g/mol. The third-order valence-corrected chi connectivity index (χ3v) is 4.32. The number of carboxylic acid groups (broad SMARTS) is 1. The fourth-order valence-corrected chi connectivity index (χ4v) is 2.94. The van der Waals surface area contributed by atoms with Gasteiger partial charge in [0.15, 0.2) is 11.5 Å². The van der Waals surface area contributed by atoms with Gasteiger partial charge in [-0.2, -0.15) is 0 Å². The van der Waals surface area contributed by atoms with Crippen LogP contribution >= 0.6 is 0 Å². The molecule has 0 saturated heterocycles. The maximum Gasteiger partial charge on any atom is 0.311 e. The van der Waals surface area contributed by atoms with E-state index in [4.69, 9.17) is 14.2 Å². The molecule has 0 amide bonds. The van der Waals surface area contributed by atoms with Gasteiger partial charge in [-0.3, -0.25) is 4.79 Å². The standard InChI is InChI=1S/C20H24O5/c1-12-6-7-13(2)15(8-12)16(20(21)22)9-14-10-18(24-4)19(25-5)11-17(14)23-3/h6-8,10-11,16H,9H2,1-5H3,(H,21,22). The summed E-state index contributed by atoms with van der Waals surface area (Å²) in [4.78, 5) is 11.9. The van der Waals surface area contributed by atoms with Crippen molar-refractivity contribution in [3.63, 3.8) is 0 Å². The van der Waals surface area contributed by atoms with Gasteiger partial charge in [-0.15, -0.1) is 0 Å². The van der Waals surface area contributed by atoms with E-state index in [-0.39, 0.29) is 0 Å². The fraction of sp³-hybridized carbons (Fsp3) is 0.350. The summed E-state index contributed by atoms with van der Waals surface area (Å²) < 4.78 is 16.1. The van der Waals surface area contributed by atoms with Crippen molar-refractivity contribution in [2.24, 2.45) is 0 Å². The first kappa shape index (κ1) is 18.6. The maximum absolute atomic E-state index is 11.9. The van der Waals surface area contributed by atoms with Crippen LogP contribution in [-0.2, 0) is 11.2 Å². The lowest BCUT2D eigenvalue weighted by Gasteiger charge is -2.19. The summed E-state index contributed by atoms with van der Waals surface area (Å²) in [7, 11) is 4.65. The molecule has 5 nitrogen and oxygen atoms in total. The number of rotatable bonds is 7. The Morgan fingerprint density at radius 1 is 0.960 bits per heavy atom. The smallest absolute Gasteiger partial charge is 0.311 e. The average Bonchev–Trinajstić information content (AvgIpc) is 2.60. The van der Waals surface area contributed by atoms with Gasteiger partial charge in [0.05, 0.1) is 27.2 Å². The number of aliphatic carboxylic acids is 1. The van der Waals surface area contributed by atoms with Gasteiger partial charge in [0.1, 0.15) is 5.75 Å². The van der Waals surface area contributed by atoms with Crippen LogP contribution < -0.4 is 14.2 Å². The van der Waals surface area contributed by atoms with Gasteiger partial charge >= 0.3 is 5.97 Å². The van der Waals surface area contributed by atoms with Crippen molar-refractivity contribution in [1.82, 2.24) is 0 Å². The molecule has 1 N–H and O–H groups in total. The van der Waals surface area contributed by atoms with Crippen molar-refractivity contribution < 1.29 is 24.1 Å². The molecule has 0 heterocycles. The molecule has 0 aliphatic rings. The molecule has 2 rings (SSSR count). The average molecular weight is 344 g/mol. The highest BCUT2D eigenvalue weighted by Gasteiger charge is 2.25. The second-order valence-electron chi connectivity index (χ2n) is 5.97. The highest BCUT2D eigenvalue weighted by Crippen LogP contribution is 2.37. The van der Waals surface area contributed by atoms with Gasteiger partial charge in [0.2, 0.25) is 0 Å². The number of hydrogen-bond donors (Lipinski definition) is 1. The zero-order chi connectivity index (χ0) is 18.6. The molecule has 0 aromatic heterocycles. The van der Waals surface area contributed by atoms with Gasteiger partial charge in [-0.1, -0.05) is 23.8 Å². The van der Waals surface area contributed by atoms with E-state index in [1.165, 1.54) is 0 Å². The quantitative estimate of drug-likeness (QED) is 0.829. The summed E-state index contributed by atoms with van der Waals surface area (Å²) in [5.41, 5.74) is 3.56. The number of aryl methyl sites for hydroxylation is 2. The molecule has 1 atom stereocenters. The molecule has 0 aliphatic carbocycles. The lowest BCUT2D eigenvalue weighted by atomic mass is 9.88. The zero-order valence-electron chi connectivity index (χ0n) is 15.3. The topological polar surface area (TPSA) is 65.0 Å². The Bertz CT molecular complexity index is 767. The van der Waals surface area contributed by atoms with Crippen molar-refractivity contribution in [3.05, 3.63) is 52.6 Å². The van der Waals surface area contributed by atoms with Crippen LogP contribution in [-0.4, -0.2) is 32.4 Å². The Hall–Kier alpha value is -2.69. The summed E-state index contributed by atoms with van der Waals surface area (Å²) in [6.07, 6.45) is 0.295. The minimum absolute atomic E-state index is 0.295. The molecule has 5 heteroatoms. The van der Waals surface area contributed by atoms with Crippen molar-refractivity contribution in [1.29, 1.82) is 0 Å². The largest absolute Gasteiger partial charge is 0.496 e. The summed E-state index contributed by atoms with van der Waals surface area (Å²) >= 11 is 0. The predicted octanol–water partition coefficient (Wildman–Crippen LogP) is 3.74. The molecule has 0 radical (unpaired) electrons. The molecule has 0 spiro atoms. The number of ether oxygens (including phenoxy) is 3. The summed E-state index contributed by atoms with van der Waals surface area (Å²) in [5, 5.41) is 9.80. The van der Waals surface area contributed by atoms with Crippen LogP contribution in [0.25, 0.3) is 0 Å². The first-order valence-electron chi connectivity index (χ1n) is 8.00. The van der Waals surface area contributed by atoms with Crippen LogP contribution in [0.15, 0.2) is 30.3 Å². The highest BCUT2D eigenvalue weighted by atomic mass is 16.5. The van der Waals surface area contributed by atoms with Gasteiger partial charge in [-0.05, 0) is 43.0 Å². The lowest BCUT2D eigenvalue weighted by molar-refractivity contribution is -0.138. The minimum atomic E-state index is -0.870. The number of methoxy groups -OCH3 is 3. The van der Waals surface area contributed by atoms with Gasteiger partial charge < -0.3 is 19.3 Å². The van der Waals surface area contributed by atoms with E-state index < -0.39 is 11.9 Å². The molecule has 25 heavy (non-hydrogen) atoms. The van der Waals surface area contributed by atoms with E-state index in [1.807, 2.05) is 32.0 Å². The van der Waals surface area contributed by atoms with Crippen LogP contribution in [0.2, 0.25) is 0 Å². The second-order valence-corrected chi connectivity index (χ2v) is 5.97. The van der Waals surface area contributed by atoms with Crippen LogP contribution in [0.3, 0.4) is 0 Å². The van der Waals surface area contributed by atoms with E-state index in [9.17, 15) is 9.90 Å². The third kappa shape index (κ3) is 4.05. The van der Waals surface area contributed by atoms with E-state index in [2.05, 4.69) is 0 Å².